The maximum Gasteiger partial charge on any atom is 0.169 e. The molecule has 0 radical (unpaired) electrons. The number of hydrogen-bond donors (Lipinski definition) is 1. The molecule has 1 aromatic heterocycles. The minimum atomic E-state index is 0.325. The van der Waals surface area contributed by atoms with Crippen LogP contribution in [0.4, 0.5) is 5.82 Å². The molecule has 0 aliphatic heterocycles. The van der Waals surface area contributed by atoms with Crippen LogP contribution in [0.3, 0.4) is 0 Å². The molecule has 0 amide bonds. The van der Waals surface area contributed by atoms with Crippen molar-refractivity contribution in [1.82, 2.24) is 10.2 Å². The summed E-state index contributed by atoms with van der Waals surface area (Å²) < 4.78 is 0. The van der Waals surface area contributed by atoms with Crippen LogP contribution in [0.2, 0.25) is 0 Å². The smallest absolute Gasteiger partial charge is 0.169 e. The number of anilines is 1. The molecule has 114 valence electrons. The third-order valence-electron chi connectivity index (χ3n) is 4.47. The van der Waals surface area contributed by atoms with E-state index in [0.29, 0.717) is 17.6 Å². The first-order chi connectivity index (χ1) is 10.1. The normalized spacial score (nSPS) is 21.9. The van der Waals surface area contributed by atoms with Gasteiger partial charge in [0.25, 0.3) is 0 Å². The molecule has 0 atom stereocenters. The standard InChI is InChI=1S/C16H25N5/c1-4-9-21(14-7-5-13(18)6-8-14)16-15(10-17)11(2)12(3)19-20-16/h13-14H,4-9,18H2,1-3H3. The molecule has 1 fully saturated rings. The molecule has 2 N–H and O–H groups in total. The number of nitrogens with two attached hydrogens (primary N) is 1. The molecule has 5 heteroatoms. The zero-order valence-electron chi connectivity index (χ0n) is 13.3. The summed E-state index contributed by atoms with van der Waals surface area (Å²) in [7, 11) is 0. The van der Waals surface area contributed by atoms with Gasteiger partial charge in [-0.05, 0) is 51.5 Å². The lowest BCUT2D eigenvalue weighted by Crippen LogP contribution is -2.42. The molecule has 1 aliphatic carbocycles. The Kier molecular flexibility index (Phi) is 5.13. The van der Waals surface area contributed by atoms with Crippen LogP contribution in [0, 0.1) is 25.2 Å². The van der Waals surface area contributed by atoms with Gasteiger partial charge in [0.05, 0.1) is 5.69 Å². The second kappa shape index (κ2) is 6.86. The SMILES string of the molecule is CCCN(c1nnc(C)c(C)c1C#N)C1CCC(N)CC1. The quantitative estimate of drug-likeness (QED) is 0.920. The maximum absolute atomic E-state index is 9.52. The zero-order chi connectivity index (χ0) is 15.4. The molecule has 2 rings (SSSR count). The van der Waals surface area contributed by atoms with Gasteiger partial charge < -0.3 is 10.6 Å². The van der Waals surface area contributed by atoms with Crippen LogP contribution in [0.25, 0.3) is 0 Å². The zero-order valence-corrected chi connectivity index (χ0v) is 13.3. The van der Waals surface area contributed by atoms with Crippen molar-refractivity contribution in [2.75, 3.05) is 11.4 Å². The molecular formula is C16H25N5. The van der Waals surface area contributed by atoms with Gasteiger partial charge in [0.2, 0.25) is 0 Å². The molecule has 0 aromatic carbocycles. The van der Waals surface area contributed by atoms with Crippen molar-refractivity contribution >= 4 is 5.82 Å². The average molecular weight is 287 g/mol. The lowest BCUT2D eigenvalue weighted by atomic mass is 9.90. The first kappa shape index (κ1) is 15.7. The third kappa shape index (κ3) is 3.33. The van der Waals surface area contributed by atoms with E-state index in [1.54, 1.807) is 0 Å². The van der Waals surface area contributed by atoms with Crippen LogP contribution in [0.1, 0.15) is 55.8 Å². The van der Waals surface area contributed by atoms with E-state index in [1.165, 1.54) is 0 Å². The topological polar surface area (TPSA) is 78.8 Å². The molecule has 5 nitrogen and oxygen atoms in total. The van der Waals surface area contributed by atoms with E-state index in [0.717, 1.165) is 55.7 Å². The van der Waals surface area contributed by atoms with E-state index in [2.05, 4.69) is 28.1 Å². The Morgan fingerprint density at radius 3 is 2.48 bits per heavy atom. The van der Waals surface area contributed by atoms with E-state index < -0.39 is 0 Å². The fourth-order valence-corrected chi connectivity index (χ4v) is 3.05. The first-order valence-electron chi connectivity index (χ1n) is 7.84. The van der Waals surface area contributed by atoms with E-state index in [1.807, 2.05) is 13.8 Å². The summed E-state index contributed by atoms with van der Waals surface area (Å²) >= 11 is 0. The lowest BCUT2D eigenvalue weighted by Gasteiger charge is -2.37. The summed E-state index contributed by atoms with van der Waals surface area (Å²) in [5, 5.41) is 18.1. The molecule has 1 aliphatic rings. The number of aromatic nitrogens is 2. The molecule has 21 heavy (non-hydrogen) atoms. The molecular weight excluding hydrogens is 262 g/mol. The van der Waals surface area contributed by atoms with E-state index in [-0.39, 0.29) is 0 Å². The number of hydrogen-bond acceptors (Lipinski definition) is 5. The predicted octanol–water partition coefficient (Wildman–Crippen LogP) is 2.45. The molecule has 1 heterocycles. The van der Waals surface area contributed by atoms with Crippen LogP contribution in [-0.4, -0.2) is 28.8 Å². The summed E-state index contributed by atoms with van der Waals surface area (Å²) in [5.41, 5.74) is 8.45. The van der Waals surface area contributed by atoms with E-state index >= 15 is 0 Å². The average Bonchev–Trinajstić information content (AvgIpc) is 2.49. The van der Waals surface area contributed by atoms with Crippen molar-refractivity contribution in [3.8, 4) is 6.07 Å². The highest BCUT2D eigenvalue weighted by Crippen LogP contribution is 2.29. The Hall–Kier alpha value is -1.67. The molecule has 1 saturated carbocycles. The predicted molar refractivity (Wildman–Crippen MR) is 84.1 cm³/mol. The minimum Gasteiger partial charge on any atom is -0.351 e. The molecule has 0 spiro atoms. The Morgan fingerprint density at radius 2 is 1.90 bits per heavy atom. The first-order valence-corrected chi connectivity index (χ1v) is 7.84. The Labute approximate surface area is 127 Å². The van der Waals surface area contributed by atoms with Gasteiger partial charge in [0, 0.05) is 18.6 Å². The Balaban J connectivity index is 2.35. The number of nitriles is 1. The highest BCUT2D eigenvalue weighted by Gasteiger charge is 2.27. The number of rotatable bonds is 4. The molecule has 0 unspecified atom stereocenters. The third-order valence-corrected chi connectivity index (χ3v) is 4.47. The van der Waals surface area contributed by atoms with Crippen LogP contribution in [0.5, 0.6) is 0 Å². The summed E-state index contributed by atoms with van der Waals surface area (Å²) in [6.07, 6.45) is 5.26. The van der Waals surface area contributed by atoms with Gasteiger partial charge in [0.15, 0.2) is 5.82 Å². The van der Waals surface area contributed by atoms with Gasteiger partial charge in [-0.2, -0.15) is 10.4 Å². The summed E-state index contributed by atoms with van der Waals surface area (Å²) in [6, 6.07) is 3.07. The van der Waals surface area contributed by atoms with Gasteiger partial charge in [-0.1, -0.05) is 6.92 Å². The van der Waals surface area contributed by atoms with Gasteiger partial charge in [-0.3, -0.25) is 0 Å². The monoisotopic (exact) mass is 287 g/mol. The van der Waals surface area contributed by atoms with Crippen LogP contribution in [0.15, 0.2) is 0 Å². The highest BCUT2D eigenvalue weighted by molar-refractivity contribution is 5.58. The fraction of sp³-hybridized carbons (Fsp3) is 0.688. The summed E-state index contributed by atoms with van der Waals surface area (Å²) in [5.74, 6) is 0.753. The second-order valence-corrected chi connectivity index (χ2v) is 5.98. The van der Waals surface area contributed by atoms with Gasteiger partial charge in [-0.25, -0.2) is 0 Å². The lowest BCUT2D eigenvalue weighted by molar-refractivity contribution is 0.373. The van der Waals surface area contributed by atoms with Crippen molar-refractivity contribution < 1.29 is 0 Å². The van der Waals surface area contributed by atoms with Crippen molar-refractivity contribution in [1.29, 1.82) is 5.26 Å². The second-order valence-electron chi connectivity index (χ2n) is 5.98. The Morgan fingerprint density at radius 1 is 1.24 bits per heavy atom. The van der Waals surface area contributed by atoms with Crippen LogP contribution in [-0.2, 0) is 0 Å². The van der Waals surface area contributed by atoms with Gasteiger partial charge in [0.1, 0.15) is 11.6 Å². The fourth-order valence-electron chi connectivity index (χ4n) is 3.05. The van der Waals surface area contributed by atoms with Crippen molar-refractivity contribution in [2.45, 2.75) is 65.0 Å². The van der Waals surface area contributed by atoms with Crippen molar-refractivity contribution in [3.63, 3.8) is 0 Å². The van der Waals surface area contributed by atoms with E-state index in [9.17, 15) is 5.26 Å². The molecule has 0 bridgehead atoms. The van der Waals surface area contributed by atoms with Crippen LogP contribution < -0.4 is 10.6 Å². The van der Waals surface area contributed by atoms with Gasteiger partial charge >= 0.3 is 0 Å². The van der Waals surface area contributed by atoms with Crippen LogP contribution >= 0.6 is 0 Å². The number of nitrogens with zero attached hydrogens (tertiary/aromatic N) is 4. The molecule has 1 aromatic rings. The Bertz CT molecular complexity index is 526. The summed E-state index contributed by atoms with van der Waals surface area (Å²) in [4.78, 5) is 2.28. The largest absolute Gasteiger partial charge is 0.351 e. The van der Waals surface area contributed by atoms with Gasteiger partial charge in [-0.15, -0.1) is 5.10 Å². The summed E-state index contributed by atoms with van der Waals surface area (Å²) in [6.45, 7) is 6.91. The van der Waals surface area contributed by atoms with E-state index in [4.69, 9.17) is 5.73 Å². The highest BCUT2D eigenvalue weighted by atomic mass is 15.3. The maximum atomic E-state index is 9.52. The van der Waals surface area contributed by atoms with Crippen molar-refractivity contribution in [3.05, 3.63) is 16.8 Å². The molecule has 0 saturated heterocycles. The van der Waals surface area contributed by atoms with Crippen molar-refractivity contribution in [2.24, 2.45) is 5.73 Å². The minimum absolute atomic E-state index is 0.325. The number of aryl methyl sites for hydroxylation is 1.